The minimum atomic E-state index is 0.486. The summed E-state index contributed by atoms with van der Waals surface area (Å²) in [5, 5.41) is 9.01. The molecule has 2 heterocycles. The van der Waals surface area contributed by atoms with E-state index >= 15 is 0 Å². The average molecular weight is 217 g/mol. The van der Waals surface area contributed by atoms with E-state index in [4.69, 9.17) is 0 Å². The van der Waals surface area contributed by atoms with Gasteiger partial charge in [-0.05, 0) is 44.7 Å². The molecular weight excluding hydrogens is 198 g/mol. The van der Waals surface area contributed by atoms with Crippen LogP contribution in [0.4, 0.5) is 0 Å². The highest BCUT2D eigenvalue weighted by atomic mass is 15.4. The van der Waals surface area contributed by atoms with E-state index in [1.807, 2.05) is 6.92 Å². The molecule has 0 atom stereocenters. The van der Waals surface area contributed by atoms with Gasteiger partial charge in [0, 0.05) is 5.56 Å². The van der Waals surface area contributed by atoms with E-state index in [-0.39, 0.29) is 0 Å². The molecule has 0 unspecified atom stereocenters. The van der Waals surface area contributed by atoms with E-state index in [0.717, 1.165) is 11.4 Å². The Morgan fingerprint density at radius 1 is 0.875 bits per heavy atom. The molecule has 0 aliphatic rings. The van der Waals surface area contributed by atoms with Gasteiger partial charge in [-0.2, -0.15) is 14.8 Å². The molecule has 0 saturated carbocycles. The second kappa shape index (κ2) is 3.58. The van der Waals surface area contributed by atoms with Crippen molar-refractivity contribution < 1.29 is 0 Å². The molecule has 86 valence electrons. The van der Waals surface area contributed by atoms with Crippen LogP contribution in [0.3, 0.4) is 0 Å². The van der Waals surface area contributed by atoms with E-state index in [0.29, 0.717) is 5.92 Å². The second-order valence-corrected chi connectivity index (χ2v) is 4.83. The third-order valence-electron chi connectivity index (χ3n) is 3.37. The first-order chi connectivity index (χ1) is 7.43. The van der Waals surface area contributed by atoms with Crippen molar-refractivity contribution in [3.8, 4) is 0 Å². The van der Waals surface area contributed by atoms with Crippen molar-refractivity contribution in [1.29, 1.82) is 0 Å². The minimum absolute atomic E-state index is 0.486. The van der Waals surface area contributed by atoms with Gasteiger partial charge in [-0.3, -0.25) is 0 Å². The van der Waals surface area contributed by atoms with Crippen LogP contribution in [0, 0.1) is 27.7 Å². The molecule has 2 aromatic rings. The SMILES string of the molecule is Cc1nn2nc(C)c(C(C)C)c2c(C)c1C. The van der Waals surface area contributed by atoms with Crippen LogP contribution < -0.4 is 0 Å². The highest BCUT2D eigenvalue weighted by Crippen LogP contribution is 2.27. The van der Waals surface area contributed by atoms with Crippen molar-refractivity contribution in [3.05, 3.63) is 28.1 Å². The smallest absolute Gasteiger partial charge is 0.0942 e. The van der Waals surface area contributed by atoms with Crippen LogP contribution in [-0.2, 0) is 0 Å². The normalized spacial score (nSPS) is 11.7. The summed E-state index contributed by atoms with van der Waals surface area (Å²) in [6.07, 6.45) is 0. The molecule has 3 nitrogen and oxygen atoms in total. The predicted octanol–water partition coefficient (Wildman–Crippen LogP) is 3.09. The molecule has 3 heteroatoms. The van der Waals surface area contributed by atoms with Crippen molar-refractivity contribution in [2.45, 2.75) is 47.5 Å². The van der Waals surface area contributed by atoms with E-state index in [1.54, 1.807) is 4.63 Å². The van der Waals surface area contributed by atoms with Crippen LogP contribution in [0.2, 0.25) is 0 Å². The summed E-state index contributed by atoms with van der Waals surface area (Å²) in [7, 11) is 0. The predicted molar refractivity (Wildman–Crippen MR) is 66.0 cm³/mol. The van der Waals surface area contributed by atoms with E-state index in [2.05, 4.69) is 44.8 Å². The van der Waals surface area contributed by atoms with Crippen molar-refractivity contribution in [1.82, 2.24) is 14.8 Å². The van der Waals surface area contributed by atoms with Crippen molar-refractivity contribution in [3.63, 3.8) is 0 Å². The lowest BCUT2D eigenvalue weighted by Gasteiger charge is -2.09. The number of fused-ring (bicyclic) bond motifs is 1. The molecule has 0 bridgehead atoms. The Hall–Kier alpha value is -1.38. The zero-order valence-corrected chi connectivity index (χ0v) is 10.9. The highest BCUT2D eigenvalue weighted by molar-refractivity contribution is 5.64. The molecule has 2 aromatic heterocycles. The topological polar surface area (TPSA) is 30.2 Å². The number of aryl methyl sites for hydroxylation is 3. The van der Waals surface area contributed by atoms with E-state index in [1.165, 1.54) is 22.2 Å². The Balaban J connectivity index is 2.93. The molecule has 0 N–H and O–H groups in total. The Morgan fingerprint density at radius 3 is 2.00 bits per heavy atom. The molecule has 2 rings (SSSR count). The summed E-state index contributed by atoms with van der Waals surface area (Å²) in [4.78, 5) is 0. The maximum atomic E-state index is 4.51. The van der Waals surface area contributed by atoms with Crippen molar-refractivity contribution in [2.75, 3.05) is 0 Å². The summed E-state index contributed by atoms with van der Waals surface area (Å²) in [5.41, 5.74) is 7.24. The van der Waals surface area contributed by atoms with Crippen LogP contribution in [0.5, 0.6) is 0 Å². The number of aromatic nitrogens is 3. The Labute approximate surface area is 96.5 Å². The highest BCUT2D eigenvalue weighted by Gasteiger charge is 2.17. The van der Waals surface area contributed by atoms with Crippen LogP contribution in [0.15, 0.2) is 0 Å². The van der Waals surface area contributed by atoms with E-state index in [9.17, 15) is 0 Å². The van der Waals surface area contributed by atoms with Gasteiger partial charge in [-0.1, -0.05) is 13.8 Å². The second-order valence-electron chi connectivity index (χ2n) is 4.83. The number of rotatable bonds is 1. The molecule has 0 saturated heterocycles. The molecule has 0 fully saturated rings. The van der Waals surface area contributed by atoms with Crippen LogP contribution >= 0.6 is 0 Å². The van der Waals surface area contributed by atoms with Gasteiger partial charge < -0.3 is 0 Å². The molecule has 0 amide bonds. The summed E-state index contributed by atoms with van der Waals surface area (Å²) in [6, 6.07) is 0. The quantitative estimate of drug-likeness (QED) is 0.734. The summed E-state index contributed by atoms with van der Waals surface area (Å²) < 4.78 is 1.79. The monoisotopic (exact) mass is 217 g/mol. The maximum Gasteiger partial charge on any atom is 0.0942 e. The van der Waals surface area contributed by atoms with Gasteiger partial charge in [0.2, 0.25) is 0 Å². The standard InChI is InChI=1S/C13H19N3/c1-7(2)12-11(6)15-16-13(12)9(4)8(3)10(5)14-16/h7H,1-6H3. The van der Waals surface area contributed by atoms with Gasteiger partial charge in [0.05, 0.1) is 16.9 Å². The fraction of sp³-hybridized carbons (Fsp3) is 0.538. The Kier molecular flexibility index (Phi) is 2.49. The third kappa shape index (κ3) is 1.42. The van der Waals surface area contributed by atoms with Crippen molar-refractivity contribution >= 4 is 5.52 Å². The van der Waals surface area contributed by atoms with Gasteiger partial charge in [0.25, 0.3) is 0 Å². The van der Waals surface area contributed by atoms with Gasteiger partial charge in [-0.25, -0.2) is 0 Å². The maximum absolute atomic E-state index is 4.51. The molecular formula is C13H19N3. The first kappa shape index (κ1) is 11.1. The van der Waals surface area contributed by atoms with Crippen LogP contribution in [0.25, 0.3) is 5.52 Å². The number of nitrogens with zero attached hydrogens (tertiary/aromatic N) is 3. The number of hydrogen-bond donors (Lipinski definition) is 0. The average Bonchev–Trinajstić information content (AvgIpc) is 2.51. The third-order valence-corrected chi connectivity index (χ3v) is 3.37. The molecule has 0 aliphatic carbocycles. The fourth-order valence-electron chi connectivity index (χ4n) is 2.31. The zero-order chi connectivity index (χ0) is 12.0. The summed E-state index contributed by atoms with van der Waals surface area (Å²) >= 11 is 0. The van der Waals surface area contributed by atoms with Crippen LogP contribution in [-0.4, -0.2) is 14.8 Å². The largest absolute Gasteiger partial charge is 0.155 e. The van der Waals surface area contributed by atoms with Crippen molar-refractivity contribution in [2.24, 2.45) is 0 Å². The van der Waals surface area contributed by atoms with Crippen LogP contribution in [0.1, 0.15) is 47.8 Å². The van der Waals surface area contributed by atoms with Gasteiger partial charge >= 0.3 is 0 Å². The lowest BCUT2D eigenvalue weighted by atomic mass is 9.98. The first-order valence-corrected chi connectivity index (χ1v) is 5.76. The Morgan fingerprint density at radius 2 is 1.44 bits per heavy atom. The molecule has 16 heavy (non-hydrogen) atoms. The number of hydrogen-bond acceptors (Lipinski definition) is 2. The first-order valence-electron chi connectivity index (χ1n) is 5.76. The molecule has 0 radical (unpaired) electrons. The van der Waals surface area contributed by atoms with Gasteiger partial charge in [0.15, 0.2) is 0 Å². The summed E-state index contributed by atoms with van der Waals surface area (Å²) in [6.45, 7) is 12.8. The molecule has 0 aliphatic heterocycles. The molecule has 0 aromatic carbocycles. The van der Waals surface area contributed by atoms with E-state index < -0.39 is 0 Å². The fourth-order valence-corrected chi connectivity index (χ4v) is 2.31. The Bertz CT molecular complexity index is 550. The lowest BCUT2D eigenvalue weighted by Crippen LogP contribution is -2.02. The molecule has 0 spiro atoms. The summed E-state index contributed by atoms with van der Waals surface area (Å²) in [5.74, 6) is 0.486. The van der Waals surface area contributed by atoms with Gasteiger partial charge in [-0.15, -0.1) is 0 Å². The lowest BCUT2D eigenvalue weighted by molar-refractivity contribution is 0.761. The minimum Gasteiger partial charge on any atom is -0.155 e. The van der Waals surface area contributed by atoms with Gasteiger partial charge in [0.1, 0.15) is 0 Å². The zero-order valence-electron chi connectivity index (χ0n) is 10.9.